The highest BCUT2D eigenvalue weighted by atomic mass is 32.1. The van der Waals surface area contributed by atoms with Gasteiger partial charge in [0.05, 0.1) is 12.0 Å². The van der Waals surface area contributed by atoms with Gasteiger partial charge in [0, 0.05) is 29.6 Å². The van der Waals surface area contributed by atoms with Crippen molar-refractivity contribution in [3.05, 3.63) is 46.4 Å². The number of nitrogens with zero attached hydrogens (tertiary/aromatic N) is 2. The molecule has 1 aromatic heterocycles. The summed E-state index contributed by atoms with van der Waals surface area (Å²) in [5.74, 6) is 3.38. The largest absolute Gasteiger partial charge is 0.481 e. The Balaban J connectivity index is 1.00. The van der Waals surface area contributed by atoms with Crippen LogP contribution in [-0.2, 0) is 4.79 Å². The third-order valence-electron chi connectivity index (χ3n) is 18.8. The van der Waals surface area contributed by atoms with E-state index in [1.165, 1.54) is 119 Å². The molecule has 1 aliphatic heterocycles. The highest BCUT2D eigenvalue weighted by molar-refractivity contribution is 7.05. The second kappa shape index (κ2) is 14.9. The minimum absolute atomic E-state index is 0.0588. The summed E-state index contributed by atoms with van der Waals surface area (Å²) in [6.07, 6.45) is 23.5. The Hall–Kier alpha value is -1.96. The van der Waals surface area contributed by atoms with Crippen molar-refractivity contribution in [3.63, 3.8) is 0 Å². The molecule has 5 fully saturated rings. The highest BCUT2D eigenvalue weighted by Crippen LogP contribution is 2.76. The monoisotopic (exact) mass is 786 g/mol. The Morgan fingerprint density at radius 3 is 2.43 bits per heavy atom. The number of carboxylic acid groups (broad SMARTS) is 1. The van der Waals surface area contributed by atoms with E-state index in [9.17, 15) is 9.90 Å². The van der Waals surface area contributed by atoms with Gasteiger partial charge in [0.2, 0.25) is 5.88 Å². The molecular formula is C49H75N3O3S. The number of likely N-dealkylation sites (tertiary alicyclic amines) is 1. The van der Waals surface area contributed by atoms with Crippen LogP contribution < -0.4 is 10.1 Å². The molecule has 0 spiro atoms. The van der Waals surface area contributed by atoms with Crippen molar-refractivity contribution in [2.24, 2.45) is 56.7 Å². The minimum Gasteiger partial charge on any atom is -0.481 e. The molecule has 1 saturated heterocycles. The number of aliphatic carboxylic acids is 1. The number of nitrogens with one attached hydrogen (secondary N) is 1. The summed E-state index contributed by atoms with van der Waals surface area (Å²) in [7, 11) is 0. The van der Waals surface area contributed by atoms with Crippen molar-refractivity contribution in [3.8, 4) is 5.88 Å². The van der Waals surface area contributed by atoms with Crippen LogP contribution in [0.5, 0.6) is 5.88 Å². The minimum atomic E-state index is -0.772. The van der Waals surface area contributed by atoms with E-state index in [1.807, 2.05) is 13.0 Å². The van der Waals surface area contributed by atoms with Gasteiger partial charge in [-0.25, -0.2) is 0 Å². The molecule has 310 valence electrons. The molecule has 8 rings (SSSR count). The smallest absolute Gasteiger partial charge is 0.310 e. The molecule has 2 heterocycles. The van der Waals surface area contributed by atoms with Crippen molar-refractivity contribution in [2.75, 3.05) is 32.8 Å². The van der Waals surface area contributed by atoms with Crippen LogP contribution in [0.25, 0.3) is 0 Å². The first-order valence-corrected chi connectivity index (χ1v) is 23.7. The molecule has 2 N–H and O–H groups in total. The lowest BCUT2D eigenvalue weighted by Crippen LogP contribution is -2.68. The first kappa shape index (κ1) is 40.8. The normalized spacial score (nSPS) is 42.0. The van der Waals surface area contributed by atoms with E-state index >= 15 is 0 Å². The fraction of sp³-hybridized carbons (Fsp3) is 0.796. The van der Waals surface area contributed by atoms with Gasteiger partial charge in [-0.1, -0.05) is 65.3 Å². The fourth-order valence-electron chi connectivity index (χ4n) is 15.7. The van der Waals surface area contributed by atoms with E-state index < -0.39 is 11.4 Å². The van der Waals surface area contributed by atoms with E-state index in [2.05, 4.69) is 74.9 Å². The molecule has 0 amide bonds. The van der Waals surface area contributed by atoms with Gasteiger partial charge in [0.15, 0.2) is 0 Å². The fourth-order valence-corrected chi connectivity index (χ4v) is 16.2. The van der Waals surface area contributed by atoms with Gasteiger partial charge in [-0.3, -0.25) is 4.79 Å². The van der Waals surface area contributed by atoms with Crippen LogP contribution >= 0.6 is 11.5 Å². The number of hydrogen-bond acceptors (Lipinski definition) is 6. The number of allylic oxidation sites excluding steroid dienone is 5. The van der Waals surface area contributed by atoms with Gasteiger partial charge in [-0.2, -0.15) is 4.37 Å². The van der Waals surface area contributed by atoms with Crippen molar-refractivity contribution in [1.29, 1.82) is 0 Å². The van der Waals surface area contributed by atoms with E-state index in [0.29, 0.717) is 60.3 Å². The van der Waals surface area contributed by atoms with E-state index in [-0.39, 0.29) is 16.4 Å². The lowest BCUT2D eigenvalue weighted by Gasteiger charge is -2.72. The van der Waals surface area contributed by atoms with E-state index in [1.54, 1.807) is 0 Å². The van der Waals surface area contributed by atoms with Crippen molar-refractivity contribution in [2.45, 2.75) is 157 Å². The van der Waals surface area contributed by atoms with Gasteiger partial charge in [0.25, 0.3) is 0 Å². The summed E-state index contributed by atoms with van der Waals surface area (Å²) in [4.78, 5) is 16.6. The van der Waals surface area contributed by atoms with Gasteiger partial charge in [-0.05, 0) is 197 Å². The second-order valence-electron chi connectivity index (χ2n) is 21.6. The van der Waals surface area contributed by atoms with E-state index in [4.69, 9.17) is 4.74 Å². The number of ether oxygens (including phenoxy) is 1. The Morgan fingerprint density at radius 2 is 1.75 bits per heavy atom. The second-order valence-corrected chi connectivity index (χ2v) is 22.6. The van der Waals surface area contributed by atoms with Crippen LogP contribution in [0.15, 0.2) is 41.5 Å². The third kappa shape index (κ3) is 6.53. The summed E-state index contributed by atoms with van der Waals surface area (Å²) < 4.78 is 10.3. The molecule has 1 unspecified atom stereocenters. The maximum Gasteiger partial charge on any atom is 0.310 e. The summed E-state index contributed by atoms with van der Waals surface area (Å²) in [6, 6.07) is 1.94. The third-order valence-corrected chi connectivity index (χ3v) is 19.5. The van der Waals surface area contributed by atoms with Crippen LogP contribution in [-0.4, -0.2) is 58.7 Å². The maximum atomic E-state index is 12.8. The first-order chi connectivity index (χ1) is 26.6. The summed E-state index contributed by atoms with van der Waals surface area (Å²) in [5.41, 5.74) is 4.87. The van der Waals surface area contributed by atoms with Crippen LogP contribution in [0, 0.1) is 63.6 Å². The summed E-state index contributed by atoms with van der Waals surface area (Å²) >= 11 is 1.43. The zero-order valence-electron chi connectivity index (χ0n) is 36.2. The lowest BCUT2D eigenvalue weighted by molar-refractivity contribution is -0.221. The lowest BCUT2D eigenvalue weighted by atomic mass is 9.33. The van der Waals surface area contributed by atoms with Crippen LogP contribution in [0.1, 0.15) is 149 Å². The van der Waals surface area contributed by atoms with Crippen LogP contribution in [0.2, 0.25) is 0 Å². The van der Waals surface area contributed by atoms with E-state index in [0.717, 1.165) is 36.1 Å². The number of fused-ring (bicyclic) bond motifs is 7. The number of aromatic nitrogens is 1. The molecular weight excluding hydrogens is 711 g/mol. The molecule has 6 nitrogen and oxygen atoms in total. The molecule has 7 aliphatic rings. The van der Waals surface area contributed by atoms with Crippen molar-refractivity contribution < 1.29 is 14.6 Å². The van der Waals surface area contributed by atoms with Crippen LogP contribution in [0.4, 0.5) is 0 Å². The average Bonchev–Trinajstić information content (AvgIpc) is 3.76. The average molecular weight is 786 g/mol. The standard InChI is InChI=1S/C49H75N3O3S/c1-33(2)36-16-23-49(50-27-30-52-28-10-9-11-29-52)25-24-46(7)38(42(36)49)12-13-40-45(6)19-17-37(44(4,5)39(45)18-20-47(40,46)8)35-14-21-48(22-15-35,43(53)54)26-31-55-41-32-34(3)56-51-41/h14,17,32,36,38-40,42,50H,1,9-13,15-16,18-31H2,2-8H3,(H,53,54)/t36-,38+,39-,40+,42+,45-,46+,47+,48?,49-/m0/s1. The zero-order chi connectivity index (χ0) is 39.7. The van der Waals surface area contributed by atoms with Gasteiger partial charge in [-0.15, -0.1) is 0 Å². The molecule has 0 aromatic carbocycles. The van der Waals surface area contributed by atoms with Crippen LogP contribution in [0.3, 0.4) is 0 Å². The number of aryl methyl sites for hydroxylation is 1. The number of hydrogen-bond donors (Lipinski definition) is 2. The molecule has 10 atom stereocenters. The maximum absolute atomic E-state index is 12.8. The number of rotatable bonds is 11. The molecule has 0 bridgehead atoms. The summed E-state index contributed by atoms with van der Waals surface area (Å²) in [6.45, 7) is 27.7. The SMILES string of the molecule is C=C(C)[C@@H]1CC[C@]2(NCCN3CCCCC3)CC[C@]3(C)[C@H](CC[C@@H]4[C@@]5(C)CC=C(C6=CCC(CCOc7cc(C)sn7)(C(=O)O)CC6)C(C)(C)[C@@H]5CC[C@]43C)[C@@H]12. The number of piperidine rings is 1. The number of carbonyl (C=O) groups is 1. The molecule has 6 aliphatic carbocycles. The zero-order valence-corrected chi connectivity index (χ0v) is 37.1. The molecule has 7 heteroatoms. The molecule has 1 aromatic rings. The van der Waals surface area contributed by atoms with Gasteiger partial charge >= 0.3 is 5.97 Å². The quantitative estimate of drug-likeness (QED) is 0.218. The summed E-state index contributed by atoms with van der Waals surface area (Å²) in [5, 5.41) is 14.8. The topological polar surface area (TPSA) is 74.7 Å². The van der Waals surface area contributed by atoms with Gasteiger partial charge < -0.3 is 20.1 Å². The Labute approximate surface area is 343 Å². The Bertz CT molecular complexity index is 1720. The molecule has 4 saturated carbocycles. The first-order valence-electron chi connectivity index (χ1n) is 22.9. The predicted molar refractivity (Wildman–Crippen MR) is 230 cm³/mol. The number of carboxylic acids is 1. The predicted octanol–water partition coefficient (Wildman–Crippen LogP) is 11.4. The van der Waals surface area contributed by atoms with Crippen molar-refractivity contribution in [1.82, 2.24) is 14.6 Å². The van der Waals surface area contributed by atoms with Gasteiger partial charge in [0.1, 0.15) is 0 Å². The molecule has 0 radical (unpaired) electrons. The van der Waals surface area contributed by atoms with Crippen molar-refractivity contribution >= 4 is 17.5 Å². The Morgan fingerprint density at radius 1 is 0.964 bits per heavy atom. The Kier molecular flexibility index (Phi) is 10.9. The highest BCUT2D eigenvalue weighted by Gasteiger charge is 2.70. The molecule has 56 heavy (non-hydrogen) atoms.